The molecule has 1 aliphatic rings. The highest BCUT2D eigenvalue weighted by Crippen LogP contribution is 2.28. The summed E-state index contributed by atoms with van der Waals surface area (Å²) in [5, 5.41) is 9.28. The third-order valence-corrected chi connectivity index (χ3v) is 4.33. The van der Waals surface area contributed by atoms with E-state index in [-0.39, 0.29) is 0 Å². The van der Waals surface area contributed by atoms with E-state index in [1.165, 1.54) is 11.3 Å². The summed E-state index contributed by atoms with van der Waals surface area (Å²) in [6.45, 7) is 10.6. The Bertz CT molecular complexity index is 654. The molecule has 3 N–H and O–H groups in total. The van der Waals surface area contributed by atoms with Crippen LogP contribution in [0.4, 0.5) is 10.5 Å². The first kappa shape index (κ1) is 20.9. The normalized spacial score (nSPS) is 15.1. The Hall–Kier alpha value is -2.44. The van der Waals surface area contributed by atoms with Crippen molar-refractivity contribution in [2.75, 3.05) is 38.1 Å². The fraction of sp³-hybridized carbons (Fsp3) is 0.600. The number of guanidine groups is 1. The van der Waals surface area contributed by atoms with Crippen LogP contribution in [0.1, 0.15) is 33.3 Å². The highest BCUT2D eigenvalue weighted by Gasteiger charge is 2.22. The van der Waals surface area contributed by atoms with Gasteiger partial charge in [-0.3, -0.25) is 4.99 Å². The van der Waals surface area contributed by atoms with Crippen LogP contribution in [0.2, 0.25) is 0 Å². The molecule has 1 atom stereocenters. The predicted molar refractivity (Wildman–Crippen MR) is 111 cm³/mol. The highest BCUT2D eigenvalue weighted by atomic mass is 16.6. The maximum Gasteiger partial charge on any atom is 0.407 e. The predicted octanol–water partition coefficient (Wildman–Crippen LogP) is 2.13. The second-order valence-electron chi connectivity index (χ2n) is 7.73. The molecule has 150 valence electrons. The molecule has 0 fully saturated rings. The molecule has 0 bridgehead atoms. The Morgan fingerprint density at radius 3 is 2.63 bits per heavy atom. The summed E-state index contributed by atoms with van der Waals surface area (Å²) in [4.78, 5) is 18.3. The first-order chi connectivity index (χ1) is 12.8. The minimum atomic E-state index is -0.487. The maximum absolute atomic E-state index is 11.6. The van der Waals surface area contributed by atoms with Gasteiger partial charge < -0.3 is 25.6 Å². The van der Waals surface area contributed by atoms with E-state index in [9.17, 15) is 4.79 Å². The molecule has 27 heavy (non-hydrogen) atoms. The summed E-state index contributed by atoms with van der Waals surface area (Å²) in [7, 11) is 1.74. The number of fused-ring (bicyclic) bond motifs is 1. The fourth-order valence-corrected chi connectivity index (χ4v) is 3.06. The number of nitrogens with zero attached hydrogens (tertiary/aromatic N) is 2. The maximum atomic E-state index is 11.6. The van der Waals surface area contributed by atoms with Gasteiger partial charge in [-0.05, 0) is 45.7 Å². The number of nitrogens with one attached hydrogen (secondary N) is 3. The second-order valence-corrected chi connectivity index (χ2v) is 7.73. The quantitative estimate of drug-likeness (QED) is 0.403. The molecule has 0 saturated heterocycles. The summed E-state index contributed by atoms with van der Waals surface area (Å²) in [5.74, 6) is 0.723. The molecule has 1 unspecified atom stereocenters. The zero-order valence-electron chi connectivity index (χ0n) is 17.1. The third kappa shape index (κ3) is 6.66. The van der Waals surface area contributed by atoms with Crippen LogP contribution in [-0.2, 0) is 11.2 Å². The van der Waals surface area contributed by atoms with Crippen LogP contribution < -0.4 is 20.9 Å². The molecule has 1 aliphatic heterocycles. The minimum absolute atomic E-state index is 0.354. The average Bonchev–Trinajstić information content (AvgIpc) is 3.03. The van der Waals surface area contributed by atoms with Crippen molar-refractivity contribution in [2.24, 2.45) is 4.99 Å². The molecule has 0 aromatic heterocycles. The van der Waals surface area contributed by atoms with Gasteiger partial charge in [0, 0.05) is 45.0 Å². The highest BCUT2D eigenvalue weighted by molar-refractivity contribution is 5.79. The van der Waals surface area contributed by atoms with Crippen LogP contribution in [0.3, 0.4) is 0 Å². The molecule has 7 nitrogen and oxygen atoms in total. The number of ether oxygens (including phenoxy) is 1. The summed E-state index contributed by atoms with van der Waals surface area (Å²) in [6.07, 6.45) is 0.692. The van der Waals surface area contributed by atoms with Gasteiger partial charge in [0.05, 0.1) is 0 Å². The van der Waals surface area contributed by atoms with Gasteiger partial charge in [-0.1, -0.05) is 18.2 Å². The molecule has 1 aromatic rings. The zero-order valence-corrected chi connectivity index (χ0v) is 17.1. The van der Waals surface area contributed by atoms with Gasteiger partial charge in [-0.15, -0.1) is 0 Å². The van der Waals surface area contributed by atoms with Gasteiger partial charge in [-0.25, -0.2) is 4.79 Å². The topological polar surface area (TPSA) is 78.0 Å². The van der Waals surface area contributed by atoms with Gasteiger partial charge in [0.15, 0.2) is 5.96 Å². The number of amides is 1. The van der Waals surface area contributed by atoms with Gasteiger partial charge in [0.2, 0.25) is 0 Å². The van der Waals surface area contributed by atoms with Crippen LogP contribution in [0, 0.1) is 0 Å². The largest absolute Gasteiger partial charge is 0.444 e. The van der Waals surface area contributed by atoms with E-state index in [4.69, 9.17) is 4.74 Å². The van der Waals surface area contributed by atoms with Crippen molar-refractivity contribution in [3.05, 3.63) is 29.8 Å². The van der Waals surface area contributed by atoms with Crippen molar-refractivity contribution in [3.63, 3.8) is 0 Å². The molecule has 7 heteroatoms. The summed E-state index contributed by atoms with van der Waals surface area (Å²) < 4.78 is 5.21. The van der Waals surface area contributed by atoms with Crippen molar-refractivity contribution < 1.29 is 9.53 Å². The number of alkyl carbamates (subject to hydrolysis) is 1. The second kappa shape index (κ2) is 9.48. The molecular formula is C20H33N5O2. The molecule has 2 rings (SSSR count). The molecule has 0 saturated carbocycles. The van der Waals surface area contributed by atoms with Crippen LogP contribution in [0.25, 0.3) is 0 Å². The smallest absolute Gasteiger partial charge is 0.407 e. The number of anilines is 1. The number of para-hydroxylation sites is 1. The molecule has 0 aliphatic carbocycles. The minimum Gasteiger partial charge on any atom is -0.444 e. The third-order valence-electron chi connectivity index (χ3n) is 4.33. The van der Waals surface area contributed by atoms with Gasteiger partial charge in [0.1, 0.15) is 5.60 Å². The van der Waals surface area contributed by atoms with Gasteiger partial charge in [-0.2, -0.15) is 0 Å². The fourth-order valence-electron chi connectivity index (χ4n) is 3.06. The van der Waals surface area contributed by atoms with Gasteiger partial charge >= 0.3 is 6.09 Å². The number of benzene rings is 1. The molecular weight excluding hydrogens is 342 g/mol. The lowest BCUT2D eigenvalue weighted by atomic mass is 10.2. The van der Waals surface area contributed by atoms with Crippen LogP contribution in [0.15, 0.2) is 29.3 Å². The lowest BCUT2D eigenvalue weighted by Gasteiger charge is -2.28. The number of hydrogen-bond donors (Lipinski definition) is 3. The molecule has 1 aromatic carbocycles. The van der Waals surface area contributed by atoms with Crippen molar-refractivity contribution in [1.29, 1.82) is 0 Å². The Labute approximate surface area is 162 Å². The van der Waals surface area contributed by atoms with E-state index in [0.29, 0.717) is 19.1 Å². The zero-order chi connectivity index (χ0) is 19.9. The Balaban J connectivity index is 1.69. The van der Waals surface area contributed by atoms with E-state index in [0.717, 1.165) is 25.5 Å². The summed E-state index contributed by atoms with van der Waals surface area (Å²) in [5.41, 5.74) is 2.26. The van der Waals surface area contributed by atoms with Crippen molar-refractivity contribution in [2.45, 2.75) is 45.8 Å². The average molecular weight is 376 g/mol. The van der Waals surface area contributed by atoms with Crippen LogP contribution >= 0.6 is 0 Å². The van der Waals surface area contributed by atoms with Crippen molar-refractivity contribution in [1.82, 2.24) is 16.0 Å². The summed E-state index contributed by atoms with van der Waals surface area (Å²) in [6, 6.07) is 8.94. The van der Waals surface area contributed by atoms with E-state index in [1.807, 2.05) is 20.8 Å². The SMILES string of the molecule is CN=C(NCCNC(=O)OC(C)(C)C)NCC(C)N1CCc2ccccc21. The Morgan fingerprint density at radius 2 is 1.93 bits per heavy atom. The monoisotopic (exact) mass is 375 g/mol. The first-order valence-corrected chi connectivity index (χ1v) is 9.56. The molecule has 0 spiro atoms. The standard InChI is InChI=1S/C20H33N5O2/c1-15(25-13-10-16-8-6-7-9-17(16)25)14-24-18(21-5)22-11-12-23-19(26)27-20(2,3)4/h6-9,15H,10-14H2,1-5H3,(H,23,26)(H2,21,22,24). The van der Waals surface area contributed by atoms with E-state index in [2.05, 4.69) is 57.0 Å². The van der Waals surface area contributed by atoms with Gasteiger partial charge in [0.25, 0.3) is 0 Å². The number of carbonyl (C=O) groups excluding carboxylic acids is 1. The van der Waals surface area contributed by atoms with Crippen molar-refractivity contribution in [3.8, 4) is 0 Å². The van der Waals surface area contributed by atoms with E-state index in [1.54, 1.807) is 7.05 Å². The summed E-state index contributed by atoms with van der Waals surface area (Å²) >= 11 is 0. The molecule has 1 heterocycles. The van der Waals surface area contributed by atoms with E-state index < -0.39 is 11.7 Å². The van der Waals surface area contributed by atoms with Crippen molar-refractivity contribution >= 4 is 17.7 Å². The lowest BCUT2D eigenvalue weighted by molar-refractivity contribution is 0.0529. The van der Waals surface area contributed by atoms with E-state index >= 15 is 0 Å². The number of carbonyl (C=O) groups is 1. The molecule has 1 amide bonds. The molecule has 0 radical (unpaired) electrons. The Morgan fingerprint density at radius 1 is 1.22 bits per heavy atom. The van der Waals surface area contributed by atoms with Crippen LogP contribution in [0.5, 0.6) is 0 Å². The first-order valence-electron chi connectivity index (χ1n) is 9.56. The number of hydrogen-bond acceptors (Lipinski definition) is 4. The Kier molecular flexibility index (Phi) is 7.33. The number of rotatable bonds is 6. The number of aliphatic imine (C=N–C) groups is 1. The van der Waals surface area contributed by atoms with Crippen LogP contribution in [-0.4, -0.2) is 56.9 Å². The lowest BCUT2D eigenvalue weighted by Crippen LogP contribution is -2.47.